The minimum Gasteiger partial charge on any atom is -0.338 e. The Morgan fingerprint density at radius 1 is 1.35 bits per heavy atom. The molecule has 0 aliphatic carbocycles. The molecule has 1 aromatic carbocycles. The van der Waals surface area contributed by atoms with Crippen molar-refractivity contribution in [2.24, 2.45) is 5.92 Å². The number of benzene rings is 1. The second-order valence-electron chi connectivity index (χ2n) is 5.79. The van der Waals surface area contributed by atoms with Crippen LogP contribution in [0.15, 0.2) is 30.3 Å². The number of nitrogens with one attached hydrogen (secondary N) is 1. The van der Waals surface area contributed by atoms with Crippen LogP contribution in [0.25, 0.3) is 10.9 Å². The molecule has 1 N–H and O–H groups in total. The van der Waals surface area contributed by atoms with E-state index in [9.17, 15) is 4.79 Å². The van der Waals surface area contributed by atoms with Crippen molar-refractivity contribution in [3.8, 4) is 0 Å². The summed E-state index contributed by atoms with van der Waals surface area (Å²) in [5, 5.41) is 4.15. The number of nitrogens with zero attached hydrogens (tertiary/aromatic N) is 2. The van der Waals surface area contributed by atoms with Crippen LogP contribution in [0.2, 0.25) is 0 Å². The number of amides is 1. The highest BCUT2D eigenvalue weighted by Gasteiger charge is 2.27. The summed E-state index contributed by atoms with van der Waals surface area (Å²) in [6, 6.07) is 9.78. The van der Waals surface area contributed by atoms with Gasteiger partial charge in [0.05, 0.1) is 11.1 Å². The second kappa shape index (κ2) is 8.48. The average Bonchev–Trinajstić information content (AvgIpc) is 2.94. The van der Waals surface area contributed by atoms with Crippen LogP contribution >= 0.6 is 24.8 Å². The number of pyridine rings is 1. The van der Waals surface area contributed by atoms with Gasteiger partial charge in [-0.15, -0.1) is 24.8 Å². The number of halogens is 2. The van der Waals surface area contributed by atoms with Crippen LogP contribution in [-0.4, -0.2) is 42.5 Å². The molecule has 3 rings (SSSR count). The van der Waals surface area contributed by atoms with Crippen molar-refractivity contribution < 1.29 is 4.79 Å². The maximum Gasteiger partial charge on any atom is 0.254 e. The van der Waals surface area contributed by atoms with E-state index in [1.54, 1.807) is 0 Å². The van der Waals surface area contributed by atoms with Gasteiger partial charge in [-0.05, 0) is 45.0 Å². The van der Waals surface area contributed by atoms with Crippen molar-refractivity contribution in [3.63, 3.8) is 0 Å². The molecule has 0 bridgehead atoms. The van der Waals surface area contributed by atoms with E-state index in [-0.39, 0.29) is 30.7 Å². The lowest BCUT2D eigenvalue weighted by atomic mass is 10.1. The number of para-hydroxylation sites is 1. The van der Waals surface area contributed by atoms with E-state index < -0.39 is 0 Å². The number of carbonyl (C=O) groups excluding carboxylic acids is 1. The molecule has 2 aromatic rings. The molecule has 1 unspecified atom stereocenters. The predicted octanol–water partition coefficient (Wildman–Crippen LogP) is 3.07. The van der Waals surface area contributed by atoms with Gasteiger partial charge in [-0.25, -0.2) is 0 Å². The fourth-order valence-electron chi connectivity index (χ4n) is 3.13. The zero-order valence-corrected chi connectivity index (χ0v) is 15.0. The highest BCUT2D eigenvalue weighted by molar-refractivity contribution is 6.06. The molecule has 1 fully saturated rings. The maximum absolute atomic E-state index is 12.8. The Morgan fingerprint density at radius 3 is 2.83 bits per heavy atom. The Balaban J connectivity index is 0.00000132. The van der Waals surface area contributed by atoms with E-state index in [1.807, 2.05) is 49.2 Å². The van der Waals surface area contributed by atoms with Gasteiger partial charge in [0.15, 0.2) is 0 Å². The maximum atomic E-state index is 12.8. The zero-order chi connectivity index (χ0) is 14.8. The second-order valence-corrected chi connectivity index (χ2v) is 5.79. The van der Waals surface area contributed by atoms with Crippen LogP contribution in [0.4, 0.5) is 0 Å². The SMILES string of the molecule is CNCC1CCN(C(=O)c2cc(C)nc3ccccc23)C1.Cl.Cl. The Labute approximate surface area is 149 Å². The van der Waals surface area contributed by atoms with Crippen molar-refractivity contribution >= 4 is 41.6 Å². The minimum absolute atomic E-state index is 0. The summed E-state index contributed by atoms with van der Waals surface area (Å²) in [6.45, 7) is 4.60. The summed E-state index contributed by atoms with van der Waals surface area (Å²) < 4.78 is 0. The number of aryl methyl sites for hydroxylation is 1. The molecule has 1 amide bonds. The number of rotatable bonds is 3. The van der Waals surface area contributed by atoms with Gasteiger partial charge in [0.1, 0.15) is 0 Å². The molecule has 1 saturated heterocycles. The molecular formula is C17H23Cl2N3O. The summed E-state index contributed by atoms with van der Waals surface area (Å²) in [7, 11) is 1.96. The number of aromatic nitrogens is 1. The lowest BCUT2D eigenvalue weighted by molar-refractivity contribution is 0.0789. The van der Waals surface area contributed by atoms with Crippen molar-refractivity contribution in [2.45, 2.75) is 13.3 Å². The van der Waals surface area contributed by atoms with Crippen LogP contribution in [-0.2, 0) is 0 Å². The van der Waals surface area contributed by atoms with Crippen molar-refractivity contribution in [2.75, 3.05) is 26.7 Å². The number of fused-ring (bicyclic) bond motifs is 1. The molecule has 1 aliphatic rings. The minimum atomic E-state index is 0. The number of hydrogen-bond acceptors (Lipinski definition) is 3. The van der Waals surface area contributed by atoms with Crippen molar-refractivity contribution in [1.82, 2.24) is 15.2 Å². The fraction of sp³-hybridized carbons (Fsp3) is 0.412. The molecule has 0 saturated carbocycles. The van der Waals surface area contributed by atoms with E-state index in [0.29, 0.717) is 5.92 Å². The molecule has 0 radical (unpaired) electrons. The summed E-state index contributed by atoms with van der Waals surface area (Å²) in [4.78, 5) is 19.3. The van der Waals surface area contributed by atoms with Crippen molar-refractivity contribution in [1.29, 1.82) is 0 Å². The largest absolute Gasteiger partial charge is 0.338 e. The molecule has 6 heteroatoms. The van der Waals surface area contributed by atoms with Crippen LogP contribution in [0.3, 0.4) is 0 Å². The monoisotopic (exact) mass is 355 g/mol. The summed E-state index contributed by atoms with van der Waals surface area (Å²) in [5.74, 6) is 0.698. The molecule has 2 heterocycles. The number of hydrogen-bond donors (Lipinski definition) is 1. The van der Waals surface area contributed by atoms with E-state index in [0.717, 1.165) is 48.2 Å². The molecule has 4 nitrogen and oxygen atoms in total. The first-order valence-electron chi connectivity index (χ1n) is 7.49. The van der Waals surface area contributed by atoms with Crippen LogP contribution in [0.1, 0.15) is 22.5 Å². The molecule has 1 aliphatic heterocycles. The van der Waals surface area contributed by atoms with Gasteiger partial charge in [0, 0.05) is 24.2 Å². The van der Waals surface area contributed by atoms with Gasteiger partial charge in [-0.3, -0.25) is 9.78 Å². The number of likely N-dealkylation sites (tertiary alicyclic amines) is 1. The lowest BCUT2D eigenvalue weighted by Gasteiger charge is -2.18. The van der Waals surface area contributed by atoms with Crippen LogP contribution in [0.5, 0.6) is 0 Å². The Hall–Kier alpha value is -1.36. The molecule has 126 valence electrons. The number of carbonyl (C=O) groups is 1. The lowest BCUT2D eigenvalue weighted by Crippen LogP contribution is -2.30. The highest BCUT2D eigenvalue weighted by Crippen LogP contribution is 2.23. The molecule has 1 atom stereocenters. The van der Waals surface area contributed by atoms with E-state index >= 15 is 0 Å². The van der Waals surface area contributed by atoms with E-state index in [2.05, 4.69) is 10.3 Å². The zero-order valence-electron chi connectivity index (χ0n) is 13.4. The first kappa shape index (κ1) is 19.7. The predicted molar refractivity (Wildman–Crippen MR) is 98.9 cm³/mol. The molecule has 1 aromatic heterocycles. The third kappa shape index (κ3) is 4.14. The van der Waals surface area contributed by atoms with Gasteiger partial charge in [0.2, 0.25) is 0 Å². The summed E-state index contributed by atoms with van der Waals surface area (Å²) in [6.07, 6.45) is 1.08. The third-order valence-corrected chi connectivity index (χ3v) is 4.14. The normalized spacial score (nSPS) is 16.8. The van der Waals surface area contributed by atoms with Gasteiger partial charge in [-0.2, -0.15) is 0 Å². The fourth-order valence-corrected chi connectivity index (χ4v) is 3.13. The average molecular weight is 356 g/mol. The Kier molecular flexibility index (Phi) is 7.26. The van der Waals surface area contributed by atoms with Gasteiger partial charge >= 0.3 is 0 Å². The van der Waals surface area contributed by atoms with E-state index in [4.69, 9.17) is 0 Å². The topological polar surface area (TPSA) is 45.2 Å². The third-order valence-electron chi connectivity index (χ3n) is 4.14. The summed E-state index contributed by atoms with van der Waals surface area (Å²) >= 11 is 0. The quantitative estimate of drug-likeness (QED) is 0.919. The van der Waals surface area contributed by atoms with Crippen LogP contribution in [0, 0.1) is 12.8 Å². The van der Waals surface area contributed by atoms with Crippen molar-refractivity contribution in [3.05, 3.63) is 41.6 Å². The van der Waals surface area contributed by atoms with Gasteiger partial charge in [0.25, 0.3) is 5.91 Å². The summed E-state index contributed by atoms with van der Waals surface area (Å²) in [5.41, 5.74) is 2.57. The standard InChI is InChI=1S/C17H21N3O.2ClH/c1-12-9-15(14-5-3-4-6-16(14)19-12)17(21)20-8-7-13(11-20)10-18-2;;/h3-6,9,13,18H,7-8,10-11H2,1-2H3;2*1H. The Morgan fingerprint density at radius 2 is 2.09 bits per heavy atom. The van der Waals surface area contributed by atoms with Gasteiger partial charge in [-0.1, -0.05) is 18.2 Å². The molecular weight excluding hydrogens is 333 g/mol. The molecule has 23 heavy (non-hydrogen) atoms. The van der Waals surface area contributed by atoms with Gasteiger partial charge < -0.3 is 10.2 Å². The first-order chi connectivity index (χ1) is 10.2. The molecule has 0 spiro atoms. The smallest absolute Gasteiger partial charge is 0.254 e. The Bertz CT molecular complexity index is 678. The van der Waals surface area contributed by atoms with Crippen LogP contribution < -0.4 is 5.32 Å². The highest BCUT2D eigenvalue weighted by atomic mass is 35.5. The van der Waals surface area contributed by atoms with E-state index in [1.165, 1.54) is 0 Å². The first-order valence-corrected chi connectivity index (χ1v) is 7.49.